The second-order valence-electron chi connectivity index (χ2n) is 6.39. The van der Waals surface area contributed by atoms with E-state index in [-0.39, 0.29) is 23.8 Å². The van der Waals surface area contributed by atoms with Gasteiger partial charge < -0.3 is 20.7 Å². The Balaban J connectivity index is 1.46. The lowest BCUT2D eigenvalue weighted by Gasteiger charge is -2.25. The van der Waals surface area contributed by atoms with Gasteiger partial charge in [-0.3, -0.25) is 0 Å². The average molecular weight is 411 g/mol. The summed E-state index contributed by atoms with van der Waals surface area (Å²) in [6.45, 7) is 0.190. The highest BCUT2D eigenvalue weighted by molar-refractivity contribution is 6.00. The zero-order chi connectivity index (χ0) is 21.1. The molecule has 9 heteroatoms. The Morgan fingerprint density at radius 1 is 1.00 bits per heavy atom. The molecule has 2 aromatic carbocycles. The molecule has 0 amide bonds. The van der Waals surface area contributed by atoms with Crippen molar-refractivity contribution in [1.82, 2.24) is 4.98 Å². The summed E-state index contributed by atoms with van der Waals surface area (Å²) in [6.07, 6.45) is 4.50. The van der Waals surface area contributed by atoms with Crippen LogP contribution in [-0.2, 0) is 0 Å². The maximum absolute atomic E-state index is 14.5. The number of rotatable bonds is 4. The number of nitrogens with two attached hydrogens (primary N) is 1. The number of ether oxygens (including phenoxy) is 1. The lowest BCUT2D eigenvalue weighted by atomic mass is 10.2. The van der Waals surface area contributed by atoms with E-state index in [1.807, 2.05) is 0 Å². The van der Waals surface area contributed by atoms with Gasteiger partial charge in [-0.25, -0.2) is 23.1 Å². The number of hydrogen-bond acceptors (Lipinski definition) is 6. The first-order valence-electron chi connectivity index (χ1n) is 8.89. The van der Waals surface area contributed by atoms with Crippen LogP contribution in [0.1, 0.15) is 0 Å². The highest BCUT2D eigenvalue weighted by atomic mass is 19.1. The zero-order valence-corrected chi connectivity index (χ0v) is 15.5. The summed E-state index contributed by atoms with van der Waals surface area (Å²) >= 11 is 0. The quantitative estimate of drug-likeness (QED) is 0.652. The van der Waals surface area contributed by atoms with Crippen LogP contribution in [0.25, 0.3) is 0 Å². The first-order chi connectivity index (χ1) is 14.5. The normalized spacial score (nSPS) is 13.2. The number of benzene rings is 2. The highest BCUT2D eigenvalue weighted by Crippen LogP contribution is 2.28. The molecule has 3 aromatic rings. The van der Waals surface area contributed by atoms with Crippen LogP contribution in [0.3, 0.4) is 0 Å². The van der Waals surface area contributed by atoms with Crippen LogP contribution >= 0.6 is 0 Å². The summed E-state index contributed by atoms with van der Waals surface area (Å²) in [5, 5.41) is 2.99. The maximum Gasteiger partial charge on any atom is 0.167 e. The van der Waals surface area contributed by atoms with Gasteiger partial charge in [0.25, 0.3) is 0 Å². The molecule has 4 rings (SSSR count). The zero-order valence-electron chi connectivity index (χ0n) is 15.5. The maximum atomic E-state index is 14.5. The van der Waals surface area contributed by atoms with Crippen LogP contribution in [0.2, 0.25) is 0 Å². The van der Waals surface area contributed by atoms with E-state index in [0.29, 0.717) is 17.3 Å². The monoisotopic (exact) mass is 411 g/mol. The summed E-state index contributed by atoms with van der Waals surface area (Å²) in [5.41, 5.74) is 6.22. The molecule has 0 saturated carbocycles. The minimum absolute atomic E-state index is 0.0200. The number of aliphatic imine (C=N–C) groups is 1. The Morgan fingerprint density at radius 2 is 1.87 bits per heavy atom. The van der Waals surface area contributed by atoms with Gasteiger partial charge in [-0.2, -0.15) is 0 Å². The van der Waals surface area contributed by atoms with E-state index in [4.69, 9.17) is 10.5 Å². The van der Waals surface area contributed by atoms with Gasteiger partial charge in [0, 0.05) is 42.5 Å². The molecule has 1 aliphatic rings. The number of nitrogen functional groups attached to an aromatic ring is 1. The third-order valence-electron chi connectivity index (χ3n) is 4.22. The van der Waals surface area contributed by atoms with Crippen molar-refractivity contribution in [2.75, 3.05) is 22.5 Å². The van der Waals surface area contributed by atoms with Gasteiger partial charge in [0.05, 0.1) is 12.2 Å². The van der Waals surface area contributed by atoms with Crippen molar-refractivity contribution in [3.8, 4) is 11.5 Å². The lowest BCUT2D eigenvalue weighted by molar-refractivity contribution is 0.442. The Labute approximate surface area is 170 Å². The van der Waals surface area contributed by atoms with Gasteiger partial charge in [0.15, 0.2) is 11.6 Å². The summed E-state index contributed by atoms with van der Waals surface area (Å²) in [7, 11) is 0. The Morgan fingerprint density at radius 3 is 2.63 bits per heavy atom. The molecule has 0 atom stereocenters. The fraction of sp³-hybridized carbons (Fsp3) is 0.0476. The lowest BCUT2D eigenvalue weighted by Crippen LogP contribution is -2.32. The van der Waals surface area contributed by atoms with E-state index in [1.165, 1.54) is 42.7 Å². The minimum atomic E-state index is -0.690. The second kappa shape index (κ2) is 8.16. The standard InChI is InChI=1S/C21H16F3N5O/c22-13-1-3-18(16(23)9-13)29-8-7-27-21(12-29)28-14-2-4-19(17(24)10-14)30-15-5-6-26-20(25)11-15/h1-11H,12H2,(H2,25,26)(H,27,28). The molecule has 1 aromatic heterocycles. The summed E-state index contributed by atoms with van der Waals surface area (Å²) in [4.78, 5) is 9.60. The molecule has 6 nitrogen and oxygen atoms in total. The van der Waals surface area contributed by atoms with E-state index < -0.39 is 17.5 Å². The number of aromatic nitrogens is 1. The number of amidine groups is 1. The van der Waals surface area contributed by atoms with Gasteiger partial charge in [0.1, 0.15) is 29.0 Å². The van der Waals surface area contributed by atoms with Gasteiger partial charge in [-0.1, -0.05) is 0 Å². The predicted octanol–water partition coefficient (Wildman–Crippen LogP) is 4.68. The molecule has 0 spiro atoms. The van der Waals surface area contributed by atoms with Crippen LogP contribution in [-0.4, -0.2) is 17.4 Å². The smallest absolute Gasteiger partial charge is 0.167 e. The van der Waals surface area contributed by atoms with Crippen LogP contribution in [0, 0.1) is 17.5 Å². The summed E-state index contributed by atoms with van der Waals surface area (Å²) in [5.74, 6) is -0.842. The number of nitrogens with one attached hydrogen (secondary N) is 1. The first kappa shape index (κ1) is 19.3. The molecule has 0 bridgehead atoms. The van der Waals surface area contributed by atoms with Crippen molar-refractivity contribution in [2.45, 2.75) is 0 Å². The molecular weight excluding hydrogens is 395 g/mol. The van der Waals surface area contributed by atoms with E-state index in [1.54, 1.807) is 23.2 Å². The van der Waals surface area contributed by atoms with E-state index in [0.717, 1.165) is 6.07 Å². The van der Waals surface area contributed by atoms with E-state index in [2.05, 4.69) is 15.3 Å². The Bertz CT molecular complexity index is 1150. The highest BCUT2D eigenvalue weighted by Gasteiger charge is 2.16. The molecular formula is C21H16F3N5O. The van der Waals surface area contributed by atoms with Gasteiger partial charge >= 0.3 is 0 Å². The predicted molar refractivity (Wildman–Crippen MR) is 109 cm³/mol. The molecule has 0 radical (unpaired) electrons. The molecule has 3 N–H and O–H groups in total. The van der Waals surface area contributed by atoms with Gasteiger partial charge in [-0.15, -0.1) is 0 Å². The molecule has 0 aliphatic carbocycles. The molecule has 2 heterocycles. The molecule has 0 fully saturated rings. The Hall–Kier alpha value is -4.01. The van der Waals surface area contributed by atoms with Crippen LogP contribution < -0.4 is 20.7 Å². The van der Waals surface area contributed by atoms with Crippen molar-refractivity contribution in [2.24, 2.45) is 4.99 Å². The van der Waals surface area contributed by atoms with E-state index >= 15 is 0 Å². The largest absolute Gasteiger partial charge is 0.454 e. The number of hydrogen-bond donors (Lipinski definition) is 2. The first-order valence-corrected chi connectivity index (χ1v) is 8.89. The fourth-order valence-corrected chi connectivity index (χ4v) is 2.86. The van der Waals surface area contributed by atoms with Crippen LogP contribution in [0.4, 0.5) is 30.4 Å². The minimum Gasteiger partial charge on any atom is -0.454 e. The van der Waals surface area contributed by atoms with Gasteiger partial charge in [-0.05, 0) is 30.3 Å². The van der Waals surface area contributed by atoms with Crippen LogP contribution in [0.5, 0.6) is 11.5 Å². The molecule has 0 unspecified atom stereocenters. The molecule has 1 aliphatic heterocycles. The van der Waals surface area contributed by atoms with Crippen molar-refractivity contribution in [3.05, 3.63) is 84.6 Å². The number of anilines is 3. The third-order valence-corrected chi connectivity index (χ3v) is 4.22. The van der Waals surface area contributed by atoms with Crippen molar-refractivity contribution < 1.29 is 17.9 Å². The third kappa shape index (κ3) is 4.35. The topological polar surface area (TPSA) is 75.8 Å². The van der Waals surface area contributed by atoms with Crippen molar-refractivity contribution >= 4 is 23.0 Å². The fourth-order valence-electron chi connectivity index (χ4n) is 2.86. The molecule has 152 valence electrons. The average Bonchev–Trinajstić information content (AvgIpc) is 2.70. The number of halogens is 3. The molecule has 30 heavy (non-hydrogen) atoms. The Kier molecular flexibility index (Phi) is 5.25. The second-order valence-corrected chi connectivity index (χ2v) is 6.39. The van der Waals surface area contributed by atoms with Crippen molar-refractivity contribution in [1.29, 1.82) is 0 Å². The van der Waals surface area contributed by atoms with Crippen LogP contribution in [0.15, 0.2) is 72.1 Å². The SMILES string of the molecule is Nc1cc(Oc2ccc(NC3=NC=CN(c4ccc(F)cc4F)C3)cc2F)ccn1. The molecule has 0 saturated heterocycles. The number of pyridine rings is 1. The van der Waals surface area contributed by atoms with Gasteiger partial charge in [0.2, 0.25) is 0 Å². The number of nitrogens with zero attached hydrogens (tertiary/aromatic N) is 3. The van der Waals surface area contributed by atoms with E-state index in [9.17, 15) is 13.2 Å². The summed E-state index contributed by atoms with van der Waals surface area (Å²) < 4.78 is 47.1. The van der Waals surface area contributed by atoms with Crippen molar-refractivity contribution in [3.63, 3.8) is 0 Å². The summed E-state index contributed by atoms with van der Waals surface area (Å²) in [6, 6.07) is 10.7.